The first-order valence-electron chi connectivity index (χ1n) is 5.89. The van der Waals surface area contributed by atoms with Gasteiger partial charge in [-0.3, -0.25) is 4.79 Å². The third kappa shape index (κ3) is 2.70. The average Bonchev–Trinajstić information content (AvgIpc) is 2.28. The standard InChI is InChI=1S/C13H18N2O2/c1-8(2)9(3)14-10-4-5-12-11(6-10)15-13(16)7-17-12/h4-6,8-9,14H,7H2,1-3H3,(H,15,16). The molecule has 1 aliphatic rings. The SMILES string of the molecule is CC(C)C(C)Nc1ccc2c(c1)NC(=O)CO2. The van der Waals surface area contributed by atoms with Crippen molar-refractivity contribution in [1.82, 2.24) is 0 Å². The van der Waals surface area contributed by atoms with Crippen molar-refractivity contribution in [2.24, 2.45) is 5.92 Å². The molecule has 17 heavy (non-hydrogen) atoms. The molecular weight excluding hydrogens is 216 g/mol. The lowest BCUT2D eigenvalue weighted by Gasteiger charge is -2.22. The molecule has 1 aromatic rings. The minimum Gasteiger partial charge on any atom is -0.482 e. The smallest absolute Gasteiger partial charge is 0.262 e. The summed E-state index contributed by atoms with van der Waals surface area (Å²) in [6, 6.07) is 6.14. The normalized spacial score (nSPS) is 15.9. The van der Waals surface area contributed by atoms with Crippen LogP contribution in [0.1, 0.15) is 20.8 Å². The van der Waals surface area contributed by atoms with Gasteiger partial charge in [0, 0.05) is 11.7 Å². The Morgan fingerprint density at radius 1 is 1.35 bits per heavy atom. The van der Waals surface area contributed by atoms with E-state index in [4.69, 9.17) is 4.74 Å². The maximum atomic E-state index is 11.2. The number of ether oxygens (including phenoxy) is 1. The van der Waals surface area contributed by atoms with E-state index in [9.17, 15) is 4.79 Å². The summed E-state index contributed by atoms with van der Waals surface area (Å²) < 4.78 is 5.30. The molecule has 0 radical (unpaired) electrons. The Morgan fingerprint density at radius 2 is 2.12 bits per heavy atom. The van der Waals surface area contributed by atoms with E-state index >= 15 is 0 Å². The van der Waals surface area contributed by atoms with Crippen molar-refractivity contribution < 1.29 is 9.53 Å². The number of hydrogen-bond donors (Lipinski definition) is 2. The summed E-state index contributed by atoms with van der Waals surface area (Å²) in [5.41, 5.74) is 1.73. The lowest BCUT2D eigenvalue weighted by atomic mass is 10.1. The molecule has 1 amide bonds. The quantitative estimate of drug-likeness (QED) is 0.844. The van der Waals surface area contributed by atoms with Crippen molar-refractivity contribution in [3.05, 3.63) is 18.2 Å². The lowest BCUT2D eigenvalue weighted by Crippen LogP contribution is -2.26. The molecule has 1 aromatic carbocycles. The molecule has 1 unspecified atom stereocenters. The van der Waals surface area contributed by atoms with Gasteiger partial charge in [0.05, 0.1) is 5.69 Å². The maximum absolute atomic E-state index is 11.2. The van der Waals surface area contributed by atoms with E-state index in [1.165, 1.54) is 0 Å². The first-order chi connectivity index (χ1) is 8.06. The van der Waals surface area contributed by atoms with Gasteiger partial charge in [0.1, 0.15) is 5.75 Å². The molecule has 1 aliphatic heterocycles. The molecule has 92 valence electrons. The minimum absolute atomic E-state index is 0.0994. The van der Waals surface area contributed by atoms with E-state index in [0.717, 1.165) is 17.1 Å². The van der Waals surface area contributed by atoms with Gasteiger partial charge in [0.15, 0.2) is 6.61 Å². The van der Waals surface area contributed by atoms with Gasteiger partial charge < -0.3 is 15.4 Å². The molecule has 0 fully saturated rings. The van der Waals surface area contributed by atoms with Gasteiger partial charge in [-0.1, -0.05) is 13.8 Å². The van der Waals surface area contributed by atoms with Crippen LogP contribution < -0.4 is 15.4 Å². The van der Waals surface area contributed by atoms with Gasteiger partial charge in [0.2, 0.25) is 0 Å². The molecule has 0 bridgehead atoms. The van der Waals surface area contributed by atoms with E-state index in [1.54, 1.807) is 0 Å². The number of carbonyl (C=O) groups is 1. The number of anilines is 2. The van der Waals surface area contributed by atoms with Crippen molar-refractivity contribution in [2.45, 2.75) is 26.8 Å². The van der Waals surface area contributed by atoms with Crippen LogP contribution >= 0.6 is 0 Å². The fourth-order valence-electron chi connectivity index (χ4n) is 1.60. The second-order valence-corrected chi connectivity index (χ2v) is 4.72. The Balaban J connectivity index is 2.15. The van der Waals surface area contributed by atoms with Crippen LogP contribution in [0.2, 0.25) is 0 Å². The zero-order chi connectivity index (χ0) is 12.4. The van der Waals surface area contributed by atoms with Gasteiger partial charge in [-0.05, 0) is 31.0 Å². The summed E-state index contributed by atoms with van der Waals surface area (Å²) >= 11 is 0. The van der Waals surface area contributed by atoms with E-state index in [-0.39, 0.29) is 12.5 Å². The summed E-state index contributed by atoms with van der Waals surface area (Å²) in [4.78, 5) is 11.2. The highest BCUT2D eigenvalue weighted by Crippen LogP contribution is 2.30. The van der Waals surface area contributed by atoms with Crippen LogP contribution in [-0.2, 0) is 4.79 Å². The highest BCUT2D eigenvalue weighted by atomic mass is 16.5. The lowest BCUT2D eigenvalue weighted by molar-refractivity contribution is -0.118. The van der Waals surface area contributed by atoms with Gasteiger partial charge in [-0.15, -0.1) is 0 Å². The topological polar surface area (TPSA) is 50.4 Å². The third-order valence-electron chi connectivity index (χ3n) is 3.01. The number of benzene rings is 1. The molecule has 0 saturated heterocycles. The average molecular weight is 234 g/mol. The maximum Gasteiger partial charge on any atom is 0.262 e. The fourth-order valence-corrected chi connectivity index (χ4v) is 1.60. The van der Waals surface area contributed by atoms with Gasteiger partial charge in [0.25, 0.3) is 5.91 Å². The van der Waals surface area contributed by atoms with Crippen LogP contribution in [0.3, 0.4) is 0 Å². The van der Waals surface area contributed by atoms with Crippen molar-refractivity contribution in [1.29, 1.82) is 0 Å². The van der Waals surface area contributed by atoms with E-state index < -0.39 is 0 Å². The molecule has 0 spiro atoms. The molecule has 0 aromatic heterocycles. The van der Waals surface area contributed by atoms with Crippen molar-refractivity contribution >= 4 is 17.3 Å². The Labute approximate surface area is 101 Å². The second kappa shape index (κ2) is 4.65. The molecule has 0 aliphatic carbocycles. The number of nitrogens with one attached hydrogen (secondary N) is 2. The summed E-state index contributed by atoms with van der Waals surface area (Å²) in [6.07, 6.45) is 0. The second-order valence-electron chi connectivity index (χ2n) is 4.72. The minimum atomic E-state index is -0.105. The Hall–Kier alpha value is -1.71. The fraction of sp³-hybridized carbons (Fsp3) is 0.462. The number of rotatable bonds is 3. The summed E-state index contributed by atoms with van der Waals surface area (Å²) in [7, 11) is 0. The van der Waals surface area contributed by atoms with Crippen molar-refractivity contribution in [3.63, 3.8) is 0 Å². The molecule has 1 heterocycles. The number of hydrogen-bond acceptors (Lipinski definition) is 3. The van der Waals surface area contributed by atoms with Crippen LogP contribution in [0.5, 0.6) is 5.75 Å². The van der Waals surface area contributed by atoms with E-state index in [1.807, 2.05) is 18.2 Å². The van der Waals surface area contributed by atoms with Gasteiger partial charge >= 0.3 is 0 Å². The third-order valence-corrected chi connectivity index (χ3v) is 3.01. The van der Waals surface area contributed by atoms with E-state index in [2.05, 4.69) is 31.4 Å². The first kappa shape index (κ1) is 11.8. The summed E-state index contributed by atoms with van der Waals surface area (Å²) in [5, 5.41) is 6.20. The molecule has 4 nitrogen and oxygen atoms in total. The molecule has 2 N–H and O–H groups in total. The van der Waals surface area contributed by atoms with Crippen LogP contribution in [0, 0.1) is 5.92 Å². The first-order valence-corrected chi connectivity index (χ1v) is 5.89. The molecule has 4 heteroatoms. The predicted molar refractivity (Wildman–Crippen MR) is 68.5 cm³/mol. The Bertz CT molecular complexity index is 429. The zero-order valence-electron chi connectivity index (χ0n) is 10.4. The largest absolute Gasteiger partial charge is 0.482 e. The highest BCUT2D eigenvalue weighted by molar-refractivity contribution is 5.96. The summed E-state index contributed by atoms with van der Waals surface area (Å²) in [6.45, 7) is 6.57. The Morgan fingerprint density at radius 3 is 2.82 bits per heavy atom. The molecule has 1 atom stereocenters. The van der Waals surface area contributed by atoms with Crippen LogP contribution in [0.25, 0.3) is 0 Å². The molecule has 0 saturated carbocycles. The number of fused-ring (bicyclic) bond motifs is 1. The zero-order valence-corrected chi connectivity index (χ0v) is 10.4. The van der Waals surface area contributed by atoms with Gasteiger partial charge in [-0.25, -0.2) is 0 Å². The van der Waals surface area contributed by atoms with Crippen molar-refractivity contribution in [2.75, 3.05) is 17.2 Å². The summed E-state index contributed by atoms with van der Waals surface area (Å²) in [5.74, 6) is 1.18. The van der Waals surface area contributed by atoms with E-state index in [0.29, 0.717) is 12.0 Å². The molecule has 2 rings (SSSR count). The highest BCUT2D eigenvalue weighted by Gasteiger charge is 2.16. The molecular formula is C13H18N2O2. The van der Waals surface area contributed by atoms with Crippen LogP contribution in [0.4, 0.5) is 11.4 Å². The predicted octanol–water partition coefficient (Wildman–Crippen LogP) is 2.47. The van der Waals surface area contributed by atoms with Crippen LogP contribution in [-0.4, -0.2) is 18.6 Å². The van der Waals surface area contributed by atoms with Crippen LogP contribution in [0.15, 0.2) is 18.2 Å². The van der Waals surface area contributed by atoms with Crippen molar-refractivity contribution in [3.8, 4) is 5.75 Å². The Kier molecular flexibility index (Phi) is 3.22. The monoisotopic (exact) mass is 234 g/mol. The van der Waals surface area contributed by atoms with Gasteiger partial charge in [-0.2, -0.15) is 0 Å². The number of carbonyl (C=O) groups excluding carboxylic acids is 1. The number of amides is 1.